The molecule has 0 fully saturated rings. The molecule has 0 saturated heterocycles. The van der Waals surface area contributed by atoms with Gasteiger partial charge in [-0.25, -0.2) is 0 Å². The second-order valence-corrected chi connectivity index (χ2v) is 11.0. The summed E-state index contributed by atoms with van der Waals surface area (Å²) in [5.41, 5.74) is 1.93. The molecule has 0 saturated carbocycles. The Morgan fingerprint density at radius 2 is 1.37 bits per heavy atom. The first-order chi connectivity index (χ1) is 22.2. The first-order valence-electron chi connectivity index (χ1n) is 13.8. The van der Waals surface area contributed by atoms with Crippen LogP contribution in [0, 0.1) is 0 Å². The number of rotatable bonds is 13. The number of ether oxygens (including phenoxy) is 4. The van der Waals surface area contributed by atoms with Crippen LogP contribution < -0.4 is 34.9 Å². The summed E-state index contributed by atoms with van der Waals surface area (Å²) in [6.07, 6.45) is 1.51. The second kappa shape index (κ2) is 16.3. The molecule has 12 heteroatoms. The SMILES string of the molecule is COc1ccc(NC(=O)CSc2ccc(NC(=O)/C(=C/c3cc(OC)c(OC)c(OC)c3)NC(=O)c3ccccc3)cc2)cc1Cl. The standard InChI is InChI=1S/C34H32ClN3O7S/c1-42-28-15-12-24(19-26(28)35)36-31(39)20-46-25-13-10-23(11-14-25)37-34(41)27(38-33(40)22-8-6-5-7-9-22)16-21-17-29(43-2)32(45-4)30(18-21)44-3/h5-19H,20H2,1-4H3,(H,36,39)(H,37,41)(H,38,40)/b27-16-. The van der Waals surface area contributed by atoms with E-state index in [2.05, 4.69) is 16.0 Å². The van der Waals surface area contributed by atoms with Gasteiger partial charge in [-0.2, -0.15) is 0 Å². The molecule has 0 spiro atoms. The van der Waals surface area contributed by atoms with E-state index < -0.39 is 11.8 Å². The fourth-order valence-electron chi connectivity index (χ4n) is 4.22. The Hall–Kier alpha value is -5.13. The molecule has 3 N–H and O–H groups in total. The molecule has 4 aromatic rings. The van der Waals surface area contributed by atoms with Gasteiger partial charge >= 0.3 is 0 Å². The van der Waals surface area contributed by atoms with E-state index in [9.17, 15) is 14.4 Å². The normalized spacial score (nSPS) is 10.8. The van der Waals surface area contributed by atoms with Crippen molar-refractivity contribution in [2.75, 3.05) is 44.8 Å². The Bertz CT molecular complexity index is 1710. The lowest BCUT2D eigenvalue weighted by molar-refractivity contribution is -0.114. The number of halogens is 1. The van der Waals surface area contributed by atoms with E-state index in [1.54, 1.807) is 84.9 Å². The van der Waals surface area contributed by atoms with Crippen molar-refractivity contribution in [1.82, 2.24) is 5.32 Å². The number of hydrogen-bond acceptors (Lipinski definition) is 8. The predicted octanol–water partition coefficient (Wildman–Crippen LogP) is 6.51. The van der Waals surface area contributed by atoms with Gasteiger partial charge in [0.15, 0.2) is 11.5 Å². The Morgan fingerprint density at radius 1 is 0.739 bits per heavy atom. The summed E-state index contributed by atoms with van der Waals surface area (Å²) in [6.45, 7) is 0. The average Bonchev–Trinajstić information content (AvgIpc) is 3.07. The van der Waals surface area contributed by atoms with Crippen LogP contribution in [0.2, 0.25) is 5.02 Å². The van der Waals surface area contributed by atoms with E-state index >= 15 is 0 Å². The summed E-state index contributed by atoms with van der Waals surface area (Å²) in [5.74, 6) is 0.605. The van der Waals surface area contributed by atoms with Gasteiger partial charge in [0.1, 0.15) is 11.4 Å². The number of carbonyl (C=O) groups excluding carboxylic acids is 3. The fraction of sp³-hybridized carbons (Fsp3) is 0.147. The largest absolute Gasteiger partial charge is 0.495 e. The molecule has 0 bridgehead atoms. The molecule has 0 unspecified atom stereocenters. The summed E-state index contributed by atoms with van der Waals surface area (Å²) < 4.78 is 21.4. The molecule has 4 aromatic carbocycles. The van der Waals surface area contributed by atoms with Gasteiger partial charge in [-0.1, -0.05) is 29.8 Å². The molecule has 0 atom stereocenters. The first-order valence-corrected chi connectivity index (χ1v) is 15.2. The molecule has 0 aromatic heterocycles. The Labute approximate surface area is 276 Å². The number of thioether (sulfide) groups is 1. The maximum absolute atomic E-state index is 13.5. The number of amides is 3. The average molecular weight is 662 g/mol. The van der Waals surface area contributed by atoms with Crippen molar-refractivity contribution < 1.29 is 33.3 Å². The number of benzene rings is 4. The molecule has 10 nitrogen and oxygen atoms in total. The number of anilines is 2. The van der Waals surface area contributed by atoms with Crippen molar-refractivity contribution >= 4 is 58.5 Å². The number of carbonyl (C=O) groups is 3. The van der Waals surface area contributed by atoms with Crippen LogP contribution in [0.15, 0.2) is 95.5 Å². The lowest BCUT2D eigenvalue weighted by atomic mass is 10.1. The number of hydrogen-bond donors (Lipinski definition) is 3. The molecule has 4 rings (SSSR count). The van der Waals surface area contributed by atoms with Gasteiger partial charge in [0.05, 0.1) is 39.2 Å². The van der Waals surface area contributed by atoms with E-state index in [1.165, 1.54) is 46.3 Å². The highest BCUT2D eigenvalue weighted by Gasteiger charge is 2.18. The third-order valence-corrected chi connectivity index (χ3v) is 7.75. The highest BCUT2D eigenvalue weighted by molar-refractivity contribution is 8.00. The van der Waals surface area contributed by atoms with E-state index in [0.29, 0.717) is 50.5 Å². The quantitative estimate of drug-likeness (QED) is 0.109. The molecule has 0 aliphatic heterocycles. The molecule has 0 radical (unpaired) electrons. The molecule has 46 heavy (non-hydrogen) atoms. The van der Waals surface area contributed by atoms with Crippen LogP contribution in [0.25, 0.3) is 6.08 Å². The van der Waals surface area contributed by atoms with Gasteiger partial charge in [-0.15, -0.1) is 11.8 Å². The van der Waals surface area contributed by atoms with Crippen molar-refractivity contribution in [1.29, 1.82) is 0 Å². The zero-order valence-corrected chi connectivity index (χ0v) is 27.1. The Morgan fingerprint density at radius 3 is 1.96 bits per heavy atom. The van der Waals surface area contributed by atoms with Crippen molar-refractivity contribution in [3.05, 3.63) is 107 Å². The molecule has 238 valence electrons. The molecular weight excluding hydrogens is 630 g/mol. The minimum Gasteiger partial charge on any atom is -0.495 e. The monoisotopic (exact) mass is 661 g/mol. The van der Waals surface area contributed by atoms with Crippen molar-refractivity contribution in [2.24, 2.45) is 0 Å². The number of nitrogens with one attached hydrogen (secondary N) is 3. The zero-order chi connectivity index (χ0) is 33.1. The lowest BCUT2D eigenvalue weighted by Crippen LogP contribution is -2.30. The van der Waals surface area contributed by atoms with Crippen LogP contribution in [-0.4, -0.2) is 51.9 Å². The summed E-state index contributed by atoms with van der Waals surface area (Å²) >= 11 is 7.46. The van der Waals surface area contributed by atoms with Crippen LogP contribution in [0.3, 0.4) is 0 Å². The maximum atomic E-state index is 13.5. The Balaban J connectivity index is 1.47. The molecule has 0 aliphatic rings. The van der Waals surface area contributed by atoms with Crippen molar-refractivity contribution in [3.63, 3.8) is 0 Å². The van der Waals surface area contributed by atoms with E-state index in [1.807, 2.05) is 0 Å². The third kappa shape index (κ3) is 8.96. The van der Waals surface area contributed by atoms with Gasteiger partial charge < -0.3 is 34.9 Å². The van der Waals surface area contributed by atoms with Gasteiger partial charge in [0.25, 0.3) is 11.8 Å². The summed E-state index contributed by atoms with van der Waals surface area (Å²) in [5, 5.41) is 8.73. The first kappa shape index (κ1) is 33.8. The smallest absolute Gasteiger partial charge is 0.272 e. The van der Waals surface area contributed by atoms with Gasteiger partial charge in [0, 0.05) is 21.8 Å². The summed E-state index contributed by atoms with van der Waals surface area (Å²) in [7, 11) is 5.98. The van der Waals surface area contributed by atoms with Crippen LogP contribution in [0.4, 0.5) is 11.4 Å². The minimum atomic E-state index is -0.559. The Kier molecular flexibility index (Phi) is 11.9. The van der Waals surface area contributed by atoms with Crippen molar-refractivity contribution in [3.8, 4) is 23.0 Å². The third-order valence-electron chi connectivity index (χ3n) is 6.44. The number of methoxy groups -OCH3 is 4. The van der Waals surface area contributed by atoms with E-state index in [4.69, 9.17) is 30.5 Å². The van der Waals surface area contributed by atoms with Crippen molar-refractivity contribution in [2.45, 2.75) is 4.90 Å². The second-order valence-electron chi connectivity index (χ2n) is 9.50. The van der Waals surface area contributed by atoms with E-state index in [0.717, 1.165) is 4.90 Å². The van der Waals surface area contributed by atoms with Crippen LogP contribution in [-0.2, 0) is 9.59 Å². The zero-order valence-electron chi connectivity index (χ0n) is 25.5. The highest BCUT2D eigenvalue weighted by Crippen LogP contribution is 2.38. The van der Waals surface area contributed by atoms with E-state index in [-0.39, 0.29) is 17.4 Å². The van der Waals surface area contributed by atoms with Crippen LogP contribution in [0.5, 0.6) is 23.0 Å². The fourth-order valence-corrected chi connectivity index (χ4v) is 5.17. The summed E-state index contributed by atoms with van der Waals surface area (Å²) in [6, 6.07) is 23.8. The lowest BCUT2D eigenvalue weighted by Gasteiger charge is -2.15. The maximum Gasteiger partial charge on any atom is 0.272 e. The van der Waals surface area contributed by atoms with Gasteiger partial charge in [-0.05, 0) is 78.4 Å². The molecule has 0 aliphatic carbocycles. The minimum absolute atomic E-state index is 0.0168. The van der Waals surface area contributed by atoms with Crippen LogP contribution >= 0.6 is 23.4 Å². The molecule has 0 heterocycles. The van der Waals surface area contributed by atoms with Crippen LogP contribution in [0.1, 0.15) is 15.9 Å². The van der Waals surface area contributed by atoms with Gasteiger partial charge in [0.2, 0.25) is 11.7 Å². The highest BCUT2D eigenvalue weighted by atomic mass is 35.5. The molecular formula is C34H32ClN3O7S. The summed E-state index contributed by atoms with van der Waals surface area (Å²) in [4.78, 5) is 39.8. The predicted molar refractivity (Wildman–Crippen MR) is 180 cm³/mol. The van der Waals surface area contributed by atoms with Gasteiger partial charge in [-0.3, -0.25) is 14.4 Å². The molecule has 3 amide bonds. The topological polar surface area (TPSA) is 124 Å².